The zero-order valence-corrected chi connectivity index (χ0v) is 9.69. The van der Waals surface area contributed by atoms with E-state index in [1.54, 1.807) is 12.4 Å². The predicted octanol–water partition coefficient (Wildman–Crippen LogP) is 0.0412. The van der Waals surface area contributed by atoms with E-state index >= 15 is 0 Å². The number of carbonyl (C=O) groups is 1. The van der Waals surface area contributed by atoms with E-state index in [0.29, 0.717) is 13.0 Å². The Morgan fingerprint density at radius 3 is 2.83 bits per heavy atom. The quantitative estimate of drug-likeness (QED) is 0.749. The predicted molar refractivity (Wildman–Crippen MR) is 63.3 cm³/mol. The second-order valence-corrected chi connectivity index (χ2v) is 3.63. The Labute approximate surface area is 104 Å². The number of nitrogen functional groups attached to an aromatic ring is 1. The SMILES string of the molecule is Nc1ncn(CC(=O)OCCc2ccncc2)n1. The van der Waals surface area contributed by atoms with Gasteiger partial charge in [-0.1, -0.05) is 0 Å². The van der Waals surface area contributed by atoms with Crippen LogP contribution in [0.2, 0.25) is 0 Å². The number of pyridine rings is 1. The molecule has 0 radical (unpaired) electrons. The minimum absolute atomic E-state index is 0.0144. The summed E-state index contributed by atoms with van der Waals surface area (Å²) in [5.41, 5.74) is 6.40. The zero-order chi connectivity index (χ0) is 12.8. The Balaban J connectivity index is 1.72. The third-order valence-corrected chi connectivity index (χ3v) is 2.25. The lowest BCUT2D eigenvalue weighted by Crippen LogP contribution is -2.15. The Hall–Kier alpha value is -2.44. The second kappa shape index (κ2) is 5.76. The summed E-state index contributed by atoms with van der Waals surface area (Å²) in [5.74, 6) is -0.228. The average molecular weight is 247 g/mol. The lowest BCUT2D eigenvalue weighted by atomic mass is 10.2. The van der Waals surface area contributed by atoms with Gasteiger partial charge in [-0.2, -0.15) is 0 Å². The summed E-state index contributed by atoms with van der Waals surface area (Å²) in [4.78, 5) is 19.1. The van der Waals surface area contributed by atoms with Gasteiger partial charge in [0.15, 0.2) is 0 Å². The molecule has 0 spiro atoms. The monoisotopic (exact) mass is 247 g/mol. The summed E-state index contributed by atoms with van der Waals surface area (Å²) < 4.78 is 6.41. The van der Waals surface area contributed by atoms with E-state index in [9.17, 15) is 4.79 Å². The average Bonchev–Trinajstić information content (AvgIpc) is 2.76. The highest BCUT2D eigenvalue weighted by Crippen LogP contribution is 1.98. The van der Waals surface area contributed by atoms with E-state index in [1.807, 2.05) is 12.1 Å². The van der Waals surface area contributed by atoms with Gasteiger partial charge in [0.1, 0.15) is 12.9 Å². The van der Waals surface area contributed by atoms with Crippen LogP contribution in [0.3, 0.4) is 0 Å². The van der Waals surface area contributed by atoms with Crippen LogP contribution in [-0.2, 0) is 22.5 Å². The van der Waals surface area contributed by atoms with Crippen molar-refractivity contribution in [1.82, 2.24) is 19.7 Å². The van der Waals surface area contributed by atoms with Crippen LogP contribution < -0.4 is 5.73 Å². The van der Waals surface area contributed by atoms with Crippen molar-refractivity contribution in [2.75, 3.05) is 12.3 Å². The van der Waals surface area contributed by atoms with Gasteiger partial charge in [-0.3, -0.25) is 9.78 Å². The Morgan fingerprint density at radius 2 is 2.17 bits per heavy atom. The Kier molecular flexibility index (Phi) is 3.85. The van der Waals surface area contributed by atoms with Crippen LogP contribution >= 0.6 is 0 Å². The lowest BCUT2D eigenvalue weighted by Gasteiger charge is -2.04. The molecule has 0 bridgehead atoms. The van der Waals surface area contributed by atoms with E-state index in [4.69, 9.17) is 10.5 Å². The van der Waals surface area contributed by atoms with Gasteiger partial charge >= 0.3 is 5.97 Å². The third kappa shape index (κ3) is 3.55. The number of rotatable bonds is 5. The third-order valence-electron chi connectivity index (χ3n) is 2.25. The van der Waals surface area contributed by atoms with Crippen LogP contribution in [0.15, 0.2) is 30.9 Å². The summed E-state index contributed by atoms with van der Waals surface area (Å²) in [6.45, 7) is 0.341. The fourth-order valence-electron chi connectivity index (χ4n) is 1.40. The highest BCUT2D eigenvalue weighted by molar-refractivity contribution is 5.69. The molecule has 7 nitrogen and oxygen atoms in total. The van der Waals surface area contributed by atoms with Crippen LogP contribution in [0.25, 0.3) is 0 Å². The molecule has 2 N–H and O–H groups in total. The maximum atomic E-state index is 11.4. The van der Waals surface area contributed by atoms with Crippen molar-refractivity contribution >= 4 is 11.9 Å². The van der Waals surface area contributed by atoms with Crippen molar-refractivity contribution in [2.24, 2.45) is 0 Å². The summed E-state index contributed by atoms with van der Waals surface area (Å²) in [6.07, 6.45) is 5.46. The summed E-state index contributed by atoms with van der Waals surface area (Å²) in [7, 11) is 0. The summed E-state index contributed by atoms with van der Waals surface area (Å²) in [5, 5.41) is 3.79. The molecular formula is C11H13N5O2. The number of carbonyl (C=O) groups excluding carboxylic acids is 1. The molecule has 2 heterocycles. The smallest absolute Gasteiger partial charge is 0.327 e. The lowest BCUT2D eigenvalue weighted by molar-refractivity contribution is -0.144. The van der Waals surface area contributed by atoms with Crippen molar-refractivity contribution in [3.63, 3.8) is 0 Å². The molecule has 0 saturated heterocycles. The molecule has 0 fully saturated rings. The molecule has 0 atom stereocenters. The molecule has 94 valence electrons. The normalized spacial score (nSPS) is 10.2. The van der Waals surface area contributed by atoms with Crippen molar-refractivity contribution in [3.8, 4) is 0 Å². The van der Waals surface area contributed by atoms with Crippen LogP contribution in [0.1, 0.15) is 5.56 Å². The number of anilines is 1. The minimum atomic E-state index is -0.367. The first-order valence-electron chi connectivity index (χ1n) is 5.43. The first kappa shape index (κ1) is 12.0. The number of hydrogen-bond donors (Lipinski definition) is 1. The molecule has 0 amide bonds. The molecular weight excluding hydrogens is 234 g/mol. The number of hydrogen-bond acceptors (Lipinski definition) is 6. The molecule has 0 aromatic carbocycles. The summed E-state index contributed by atoms with van der Waals surface area (Å²) >= 11 is 0. The topological polar surface area (TPSA) is 95.9 Å². The Bertz CT molecular complexity index is 511. The maximum Gasteiger partial charge on any atom is 0.327 e. The number of nitrogens with zero attached hydrogens (tertiary/aromatic N) is 4. The van der Waals surface area contributed by atoms with Gasteiger partial charge in [0.25, 0.3) is 0 Å². The van der Waals surface area contributed by atoms with Gasteiger partial charge in [0, 0.05) is 18.8 Å². The van der Waals surface area contributed by atoms with E-state index < -0.39 is 0 Å². The van der Waals surface area contributed by atoms with Gasteiger partial charge in [-0.05, 0) is 17.7 Å². The van der Waals surface area contributed by atoms with E-state index in [0.717, 1.165) is 5.56 Å². The highest BCUT2D eigenvalue weighted by Gasteiger charge is 2.05. The molecule has 0 saturated carbocycles. The maximum absolute atomic E-state index is 11.4. The molecule has 0 aliphatic heterocycles. The second-order valence-electron chi connectivity index (χ2n) is 3.63. The molecule has 7 heteroatoms. The summed E-state index contributed by atoms with van der Waals surface area (Å²) in [6, 6.07) is 3.76. The van der Waals surface area contributed by atoms with Crippen LogP contribution in [-0.4, -0.2) is 32.3 Å². The number of ether oxygens (including phenoxy) is 1. The molecule has 18 heavy (non-hydrogen) atoms. The van der Waals surface area contributed by atoms with Crippen LogP contribution in [0.4, 0.5) is 5.95 Å². The molecule has 0 aliphatic rings. The first-order valence-corrected chi connectivity index (χ1v) is 5.43. The van der Waals surface area contributed by atoms with Crippen LogP contribution in [0.5, 0.6) is 0 Å². The molecule has 2 rings (SSSR count). The number of nitrogens with two attached hydrogens (primary N) is 1. The molecule has 0 unspecified atom stereocenters. The van der Waals surface area contributed by atoms with E-state index in [1.165, 1.54) is 11.0 Å². The minimum Gasteiger partial charge on any atom is -0.464 e. The van der Waals surface area contributed by atoms with Gasteiger partial charge in [-0.25, -0.2) is 9.67 Å². The fraction of sp³-hybridized carbons (Fsp3) is 0.273. The zero-order valence-electron chi connectivity index (χ0n) is 9.69. The van der Waals surface area contributed by atoms with E-state index in [2.05, 4.69) is 15.1 Å². The molecule has 2 aromatic heterocycles. The standard InChI is InChI=1S/C11H13N5O2/c12-11-14-8-16(15-11)7-10(17)18-6-3-9-1-4-13-5-2-9/h1-2,4-5,8H,3,6-7H2,(H2,12,15). The van der Waals surface area contributed by atoms with Gasteiger partial charge < -0.3 is 10.5 Å². The van der Waals surface area contributed by atoms with Crippen molar-refractivity contribution in [2.45, 2.75) is 13.0 Å². The van der Waals surface area contributed by atoms with Gasteiger partial charge in [0.05, 0.1) is 6.61 Å². The fourth-order valence-corrected chi connectivity index (χ4v) is 1.40. The van der Waals surface area contributed by atoms with E-state index in [-0.39, 0.29) is 18.5 Å². The molecule has 0 aliphatic carbocycles. The van der Waals surface area contributed by atoms with Gasteiger partial charge in [0.2, 0.25) is 5.95 Å². The Morgan fingerprint density at radius 1 is 1.39 bits per heavy atom. The van der Waals surface area contributed by atoms with Crippen molar-refractivity contribution in [1.29, 1.82) is 0 Å². The largest absolute Gasteiger partial charge is 0.464 e. The van der Waals surface area contributed by atoms with Crippen molar-refractivity contribution < 1.29 is 9.53 Å². The van der Waals surface area contributed by atoms with Crippen molar-refractivity contribution in [3.05, 3.63) is 36.4 Å². The first-order chi connectivity index (χ1) is 8.74. The molecule has 2 aromatic rings. The number of aromatic nitrogens is 4. The van der Waals surface area contributed by atoms with Gasteiger partial charge in [-0.15, -0.1) is 5.10 Å². The number of esters is 1. The van der Waals surface area contributed by atoms with Crippen LogP contribution in [0, 0.1) is 0 Å². The highest BCUT2D eigenvalue weighted by atomic mass is 16.5.